The Bertz CT molecular complexity index is 1480. The average molecular weight is 543 g/mol. The summed E-state index contributed by atoms with van der Waals surface area (Å²) in [5, 5.41) is 12.0. The first-order valence-electron chi connectivity index (χ1n) is 12.5. The molecule has 1 saturated carbocycles. The molecule has 2 fully saturated rings. The van der Waals surface area contributed by atoms with Gasteiger partial charge < -0.3 is 10.3 Å². The molecule has 9 nitrogen and oxygen atoms in total. The maximum Gasteiger partial charge on any atom is 0.272 e. The summed E-state index contributed by atoms with van der Waals surface area (Å²) in [7, 11) is -7.92. The molecule has 0 bridgehead atoms. The van der Waals surface area contributed by atoms with Crippen molar-refractivity contribution in [1.82, 2.24) is 9.11 Å². The van der Waals surface area contributed by atoms with Gasteiger partial charge in [0.15, 0.2) is 0 Å². The fourth-order valence-electron chi connectivity index (χ4n) is 5.95. The van der Waals surface area contributed by atoms with Crippen molar-refractivity contribution in [1.29, 1.82) is 5.26 Å². The smallest absolute Gasteiger partial charge is 0.272 e. The van der Waals surface area contributed by atoms with E-state index in [1.165, 1.54) is 44.4 Å². The number of aromatic nitrogens is 1. The first kappa shape index (κ1) is 25.7. The van der Waals surface area contributed by atoms with Crippen LogP contribution in [0.3, 0.4) is 0 Å². The van der Waals surface area contributed by atoms with Gasteiger partial charge in [-0.1, -0.05) is 31.4 Å². The minimum Gasteiger partial charge on any atom is -0.356 e. The zero-order chi connectivity index (χ0) is 26.3. The van der Waals surface area contributed by atoms with Gasteiger partial charge in [-0.05, 0) is 66.9 Å². The van der Waals surface area contributed by atoms with Crippen LogP contribution in [0.15, 0.2) is 36.5 Å². The summed E-state index contributed by atoms with van der Waals surface area (Å²) < 4.78 is 50.6. The van der Waals surface area contributed by atoms with Crippen molar-refractivity contribution in [3.8, 4) is 6.07 Å². The molecule has 1 saturated heterocycles. The molecular weight excluding hydrogens is 512 g/mol. The summed E-state index contributed by atoms with van der Waals surface area (Å²) in [5.74, 6) is -1.75. The van der Waals surface area contributed by atoms with Crippen LogP contribution in [0.5, 0.6) is 0 Å². The van der Waals surface area contributed by atoms with Crippen LogP contribution in [0.2, 0.25) is 0 Å². The van der Waals surface area contributed by atoms with Crippen LogP contribution in [-0.4, -0.2) is 39.2 Å². The molecule has 3 N–H and O–H groups in total. The minimum atomic E-state index is -3.96. The topological polar surface area (TPSA) is 149 Å². The van der Waals surface area contributed by atoms with Crippen molar-refractivity contribution in [3.05, 3.63) is 58.9 Å². The third-order valence-electron chi connectivity index (χ3n) is 7.88. The Kier molecular flexibility index (Phi) is 6.77. The summed E-state index contributed by atoms with van der Waals surface area (Å²) in [6, 6.07) is 8.69. The van der Waals surface area contributed by atoms with Crippen LogP contribution in [0.4, 0.5) is 5.69 Å². The summed E-state index contributed by atoms with van der Waals surface area (Å²) in [4.78, 5) is 15.7. The third kappa shape index (κ3) is 5.66. The Balaban J connectivity index is 1.49. The number of amides is 1. The van der Waals surface area contributed by atoms with Gasteiger partial charge in [-0.25, -0.2) is 16.8 Å². The minimum absolute atomic E-state index is 0.251. The number of hydrogen-bond acceptors (Lipinski definition) is 6. The molecule has 5 rings (SSSR count). The van der Waals surface area contributed by atoms with Crippen LogP contribution in [-0.2, 0) is 20.0 Å². The van der Waals surface area contributed by atoms with Crippen molar-refractivity contribution in [2.45, 2.75) is 57.3 Å². The monoisotopic (exact) mass is 542 g/mol. The van der Waals surface area contributed by atoms with Crippen LogP contribution in [0.1, 0.15) is 84.5 Å². The largest absolute Gasteiger partial charge is 0.356 e. The van der Waals surface area contributed by atoms with Crippen LogP contribution in [0.25, 0.3) is 5.57 Å². The number of nitrogens with one attached hydrogen (secondary N) is 3. The highest BCUT2D eigenvalue weighted by molar-refractivity contribution is 8.05. The highest BCUT2D eigenvalue weighted by atomic mass is 32.3. The number of anilines is 1. The van der Waals surface area contributed by atoms with Gasteiger partial charge in [0.1, 0.15) is 11.8 Å². The van der Waals surface area contributed by atoms with Gasteiger partial charge in [0.25, 0.3) is 5.91 Å². The Morgan fingerprint density at radius 2 is 1.76 bits per heavy atom. The number of allylic oxidation sites excluding steroid dienone is 2. The first-order valence-corrected chi connectivity index (χ1v) is 15.8. The highest BCUT2D eigenvalue weighted by Gasteiger charge is 2.36. The molecule has 2 heterocycles. The molecule has 11 heteroatoms. The Morgan fingerprint density at radius 3 is 2.38 bits per heavy atom. The highest BCUT2D eigenvalue weighted by Crippen LogP contribution is 2.49. The average Bonchev–Trinajstić information content (AvgIpc) is 3.33. The van der Waals surface area contributed by atoms with Gasteiger partial charge >= 0.3 is 0 Å². The van der Waals surface area contributed by atoms with Crippen molar-refractivity contribution < 1.29 is 21.6 Å². The van der Waals surface area contributed by atoms with Gasteiger partial charge in [0.2, 0.25) is 20.0 Å². The van der Waals surface area contributed by atoms with E-state index in [2.05, 4.69) is 16.4 Å². The van der Waals surface area contributed by atoms with E-state index in [9.17, 15) is 21.6 Å². The lowest BCUT2D eigenvalue weighted by Gasteiger charge is -2.40. The second-order valence-electron chi connectivity index (χ2n) is 10.5. The SMILES string of the molecule is N#Cc1c[nH]c(C(=O)Nc2ccc(C3CS(=O)(=O)NS(=O)(=O)C3)cc2C2=CCC3(CCCCC3)CC2)c1. The molecule has 2 aromatic rings. The first-order chi connectivity index (χ1) is 17.6. The summed E-state index contributed by atoms with van der Waals surface area (Å²) in [6.45, 7) is 0. The molecule has 1 aliphatic heterocycles. The van der Waals surface area contributed by atoms with Gasteiger partial charge in [-0.3, -0.25) is 4.79 Å². The van der Waals surface area contributed by atoms with E-state index in [0.717, 1.165) is 30.4 Å². The molecule has 37 heavy (non-hydrogen) atoms. The zero-order valence-electron chi connectivity index (χ0n) is 20.4. The van der Waals surface area contributed by atoms with Crippen molar-refractivity contribution in [2.24, 2.45) is 5.41 Å². The van der Waals surface area contributed by atoms with E-state index in [-0.39, 0.29) is 17.2 Å². The van der Waals surface area contributed by atoms with E-state index in [4.69, 9.17) is 5.26 Å². The summed E-state index contributed by atoms with van der Waals surface area (Å²) >= 11 is 0. The van der Waals surface area contributed by atoms with Crippen molar-refractivity contribution >= 4 is 37.2 Å². The molecule has 1 spiro atoms. The molecule has 2 aliphatic carbocycles. The fraction of sp³-hybridized carbons (Fsp3) is 0.462. The number of aromatic amines is 1. The number of carbonyl (C=O) groups is 1. The van der Waals surface area contributed by atoms with Gasteiger partial charge in [0, 0.05) is 23.4 Å². The van der Waals surface area contributed by atoms with E-state index in [0.29, 0.717) is 22.2 Å². The molecule has 0 unspecified atom stereocenters. The lowest BCUT2D eigenvalue weighted by molar-refractivity contribution is 0.102. The number of benzene rings is 1. The second kappa shape index (κ2) is 9.74. The maximum atomic E-state index is 12.9. The van der Waals surface area contributed by atoms with E-state index in [1.54, 1.807) is 16.3 Å². The fourth-order valence-corrected chi connectivity index (χ4v) is 9.87. The summed E-state index contributed by atoms with van der Waals surface area (Å²) in [6.07, 6.45) is 12.8. The predicted octanol–water partition coefficient (Wildman–Crippen LogP) is 4.00. The number of carbonyl (C=O) groups excluding carboxylic acids is 1. The molecule has 3 aliphatic rings. The maximum absolute atomic E-state index is 12.9. The standard InChI is InChI=1S/C26H30N4O5S2/c27-14-18-12-24(28-15-18)25(31)29-23-5-4-20(21-16-36(32,33)30-37(34,35)17-21)13-22(23)19-6-10-26(11-7-19)8-2-1-3-9-26/h4-6,12-13,15,21,28,30H,1-3,7-11,16-17H2,(H,29,31). The molecule has 0 atom stereocenters. The van der Waals surface area contributed by atoms with E-state index >= 15 is 0 Å². The zero-order valence-corrected chi connectivity index (χ0v) is 22.1. The lowest BCUT2D eigenvalue weighted by Crippen LogP contribution is -2.43. The van der Waals surface area contributed by atoms with Gasteiger partial charge in [-0.2, -0.15) is 5.26 Å². The number of H-pyrrole nitrogens is 1. The number of nitrogens with zero attached hydrogens (tertiary/aromatic N) is 1. The molecule has 1 aromatic carbocycles. The van der Waals surface area contributed by atoms with Gasteiger partial charge in [0.05, 0.1) is 17.1 Å². The summed E-state index contributed by atoms with van der Waals surface area (Å²) in [5.41, 5.74) is 3.94. The van der Waals surface area contributed by atoms with Crippen LogP contribution in [0, 0.1) is 16.7 Å². The van der Waals surface area contributed by atoms with Crippen molar-refractivity contribution in [2.75, 3.05) is 16.8 Å². The Hall–Kier alpha value is -2.94. The van der Waals surface area contributed by atoms with Gasteiger partial charge in [-0.15, -0.1) is 4.13 Å². The number of sulfonamides is 2. The molecule has 1 amide bonds. The van der Waals surface area contributed by atoms with Crippen molar-refractivity contribution in [3.63, 3.8) is 0 Å². The quantitative estimate of drug-likeness (QED) is 0.532. The molecule has 1 aromatic heterocycles. The normalized spacial score (nSPS) is 22.6. The Labute approximate surface area is 217 Å². The number of hydrogen-bond donors (Lipinski definition) is 3. The van der Waals surface area contributed by atoms with Crippen LogP contribution < -0.4 is 9.44 Å². The molecule has 196 valence electrons. The van der Waals surface area contributed by atoms with Crippen LogP contribution >= 0.6 is 0 Å². The number of rotatable bonds is 4. The predicted molar refractivity (Wildman–Crippen MR) is 141 cm³/mol. The Morgan fingerprint density at radius 1 is 1.03 bits per heavy atom. The number of nitriles is 1. The third-order valence-corrected chi connectivity index (χ3v) is 11.6. The van der Waals surface area contributed by atoms with E-state index in [1.807, 2.05) is 12.1 Å². The molecular formula is C26H30N4O5S2. The molecule has 0 radical (unpaired) electrons. The van der Waals surface area contributed by atoms with E-state index < -0.39 is 31.9 Å². The second-order valence-corrected chi connectivity index (χ2v) is 14.3. The lowest BCUT2D eigenvalue weighted by atomic mass is 9.65.